The third kappa shape index (κ3) is 4.47. The summed E-state index contributed by atoms with van der Waals surface area (Å²) in [6, 6.07) is 0. The zero-order valence-corrected chi connectivity index (χ0v) is 12.9. The topological polar surface area (TPSA) is 80.9 Å². The molecule has 0 bridgehead atoms. The number of hydrogen-bond acceptors (Lipinski definition) is 7. The van der Waals surface area contributed by atoms with E-state index in [1.54, 1.807) is 14.2 Å². The summed E-state index contributed by atoms with van der Waals surface area (Å²) in [4.78, 5) is 6.56. The quantitative estimate of drug-likeness (QED) is 0.761. The standard InChI is InChI=1S/C14H25N3O4/c1-19-7-5-14(11-18)4-3-6-17(10-14)8-13-15-12(9-20-2)16-21-13/h18H,3-11H2,1-2H3. The van der Waals surface area contributed by atoms with Gasteiger partial charge in [-0.3, -0.25) is 4.90 Å². The van der Waals surface area contributed by atoms with Crippen LogP contribution in [0.5, 0.6) is 0 Å². The Balaban J connectivity index is 1.93. The summed E-state index contributed by atoms with van der Waals surface area (Å²) >= 11 is 0. The molecule has 1 fully saturated rings. The number of methoxy groups -OCH3 is 2. The lowest BCUT2D eigenvalue weighted by molar-refractivity contribution is 0.00175. The predicted octanol–water partition coefficient (Wildman–Crippen LogP) is 0.827. The SMILES string of the molecule is COCCC1(CO)CCCN(Cc2nc(COC)no2)C1. The molecule has 1 aromatic heterocycles. The summed E-state index contributed by atoms with van der Waals surface area (Å²) in [7, 11) is 3.30. The summed E-state index contributed by atoms with van der Waals surface area (Å²) in [5.41, 5.74) is -0.0797. The van der Waals surface area contributed by atoms with Crippen molar-refractivity contribution in [3.8, 4) is 0 Å². The normalized spacial score (nSPS) is 23.6. The molecule has 1 aliphatic heterocycles. The van der Waals surface area contributed by atoms with Gasteiger partial charge in [0, 0.05) is 32.8 Å². The number of aliphatic hydroxyl groups excluding tert-OH is 1. The maximum atomic E-state index is 9.78. The van der Waals surface area contributed by atoms with Gasteiger partial charge in [0.05, 0.1) is 13.2 Å². The van der Waals surface area contributed by atoms with Crippen LogP contribution in [0, 0.1) is 5.41 Å². The Bertz CT molecular complexity index is 426. The molecule has 2 heterocycles. The van der Waals surface area contributed by atoms with Crippen LogP contribution >= 0.6 is 0 Å². The Kier molecular flexibility index (Phi) is 6.10. The van der Waals surface area contributed by atoms with Crippen molar-refractivity contribution in [2.24, 2.45) is 5.41 Å². The molecule has 1 aromatic rings. The first-order valence-electron chi connectivity index (χ1n) is 7.34. The van der Waals surface area contributed by atoms with E-state index in [0.29, 0.717) is 31.5 Å². The largest absolute Gasteiger partial charge is 0.396 e. The summed E-state index contributed by atoms with van der Waals surface area (Å²) in [5, 5.41) is 13.6. The zero-order valence-electron chi connectivity index (χ0n) is 12.9. The number of nitrogens with zero attached hydrogens (tertiary/aromatic N) is 3. The minimum absolute atomic E-state index is 0.0797. The summed E-state index contributed by atoms with van der Waals surface area (Å²) in [5.74, 6) is 1.17. The molecule has 7 heteroatoms. The highest BCUT2D eigenvalue weighted by molar-refractivity contribution is 4.90. The van der Waals surface area contributed by atoms with Gasteiger partial charge in [-0.25, -0.2) is 0 Å². The molecule has 1 saturated heterocycles. The number of aromatic nitrogens is 2. The third-order valence-corrected chi connectivity index (χ3v) is 4.05. The van der Waals surface area contributed by atoms with E-state index < -0.39 is 0 Å². The van der Waals surface area contributed by atoms with Gasteiger partial charge in [0.1, 0.15) is 6.61 Å². The van der Waals surface area contributed by atoms with Gasteiger partial charge in [0.25, 0.3) is 0 Å². The molecule has 1 atom stereocenters. The molecular weight excluding hydrogens is 274 g/mol. The Morgan fingerprint density at radius 3 is 2.95 bits per heavy atom. The van der Waals surface area contributed by atoms with Crippen molar-refractivity contribution >= 4 is 0 Å². The minimum atomic E-state index is -0.0797. The Labute approximate surface area is 125 Å². The fourth-order valence-corrected chi connectivity index (χ4v) is 2.91. The first kappa shape index (κ1) is 16.4. The first-order valence-corrected chi connectivity index (χ1v) is 7.34. The third-order valence-electron chi connectivity index (χ3n) is 4.05. The van der Waals surface area contributed by atoms with Gasteiger partial charge in [-0.05, 0) is 25.8 Å². The Hall–Kier alpha value is -1.02. The van der Waals surface area contributed by atoms with Gasteiger partial charge in [-0.2, -0.15) is 4.98 Å². The van der Waals surface area contributed by atoms with E-state index in [9.17, 15) is 5.11 Å². The maximum absolute atomic E-state index is 9.78. The van der Waals surface area contributed by atoms with Crippen molar-refractivity contribution in [3.05, 3.63) is 11.7 Å². The lowest BCUT2D eigenvalue weighted by Crippen LogP contribution is -2.45. The fourth-order valence-electron chi connectivity index (χ4n) is 2.91. The molecule has 1 N–H and O–H groups in total. The zero-order chi connectivity index (χ0) is 15.1. The van der Waals surface area contributed by atoms with E-state index in [2.05, 4.69) is 15.0 Å². The molecule has 0 radical (unpaired) electrons. The van der Waals surface area contributed by atoms with Gasteiger partial charge in [-0.1, -0.05) is 5.16 Å². The molecule has 1 aliphatic rings. The van der Waals surface area contributed by atoms with Gasteiger partial charge >= 0.3 is 0 Å². The van der Waals surface area contributed by atoms with Crippen LogP contribution < -0.4 is 0 Å². The van der Waals surface area contributed by atoms with Crippen molar-refractivity contribution in [1.29, 1.82) is 0 Å². The van der Waals surface area contributed by atoms with Crippen LogP contribution in [0.15, 0.2) is 4.52 Å². The van der Waals surface area contributed by atoms with E-state index in [1.165, 1.54) is 0 Å². The second kappa shape index (κ2) is 7.84. The van der Waals surface area contributed by atoms with Crippen LogP contribution in [0.1, 0.15) is 31.0 Å². The van der Waals surface area contributed by atoms with Gasteiger partial charge in [0.15, 0.2) is 5.82 Å². The monoisotopic (exact) mass is 299 g/mol. The number of ether oxygens (including phenoxy) is 2. The van der Waals surface area contributed by atoms with Gasteiger partial charge in [-0.15, -0.1) is 0 Å². The van der Waals surface area contributed by atoms with Crippen LogP contribution in [-0.2, 0) is 22.6 Å². The number of rotatable bonds is 8. The molecule has 21 heavy (non-hydrogen) atoms. The molecule has 7 nitrogen and oxygen atoms in total. The molecule has 0 aromatic carbocycles. The highest BCUT2D eigenvalue weighted by atomic mass is 16.5. The number of likely N-dealkylation sites (tertiary alicyclic amines) is 1. The Morgan fingerprint density at radius 2 is 2.24 bits per heavy atom. The van der Waals surface area contributed by atoms with Crippen LogP contribution in [-0.4, -0.2) is 60.7 Å². The average molecular weight is 299 g/mol. The maximum Gasteiger partial charge on any atom is 0.240 e. The highest BCUT2D eigenvalue weighted by Gasteiger charge is 2.35. The molecule has 0 spiro atoms. The summed E-state index contributed by atoms with van der Waals surface area (Å²) in [6.07, 6.45) is 2.96. The van der Waals surface area contributed by atoms with Crippen molar-refractivity contribution in [1.82, 2.24) is 15.0 Å². The van der Waals surface area contributed by atoms with Gasteiger partial charge in [0.2, 0.25) is 5.89 Å². The molecule has 0 saturated carbocycles. The van der Waals surface area contributed by atoms with E-state index in [-0.39, 0.29) is 12.0 Å². The van der Waals surface area contributed by atoms with Crippen LogP contribution in [0.3, 0.4) is 0 Å². The molecule has 120 valence electrons. The lowest BCUT2D eigenvalue weighted by Gasteiger charge is -2.41. The predicted molar refractivity (Wildman–Crippen MR) is 75.5 cm³/mol. The van der Waals surface area contributed by atoms with Crippen molar-refractivity contribution in [2.75, 3.05) is 40.5 Å². The lowest BCUT2D eigenvalue weighted by atomic mass is 9.78. The number of hydrogen-bond donors (Lipinski definition) is 1. The fraction of sp³-hybridized carbons (Fsp3) is 0.857. The van der Waals surface area contributed by atoms with E-state index in [1.807, 2.05) is 0 Å². The number of aliphatic hydroxyl groups is 1. The van der Waals surface area contributed by atoms with Crippen LogP contribution in [0.4, 0.5) is 0 Å². The molecule has 0 aliphatic carbocycles. The minimum Gasteiger partial charge on any atom is -0.396 e. The van der Waals surface area contributed by atoms with Crippen molar-refractivity contribution in [3.63, 3.8) is 0 Å². The van der Waals surface area contributed by atoms with Crippen molar-refractivity contribution < 1.29 is 19.1 Å². The molecule has 1 unspecified atom stereocenters. The second-order valence-corrected chi connectivity index (χ2v) is 5.75. The van der Waals surface area contributed by atoms with E-state index >= 15 is 0 Å². The van der Waals surface area contributed by atoms with Crippen molar-refractivity contribution in [2.45, 2.75) is 32.4 Å². The highest BCUT2D eigenvalue weighted by Crippen LogP contribution is 2.33. The second-order valence-electron chi connectivity index (χ2n) is 5.75. The van der Waals surface area contributed by atoms with Crippen LogP contribution in [0.25, 0.3) is 0 Å². The molecular formula is C14H25N3O4. The summed E-state index contributed by atoms with van der Waals surface area (Å²) < 4.78 is 15.4. The Morgan fingerprint density at radius 1 is 1.38 bits per heavy atom. The number of piperidine rings is 1. The summed E-state index contributed by atoms with van der Waals surface area (Å²) in [6.45, 7) is 3.65. The first-order chi connectivity index (χ1) is 10.2. The molecule has 0 amide bonds. The average Bonchev–Trinajstić information content (AvgIpc) is 2.93. The smallest absolute Gasteiger partial charge is 0.240 e. The van der Waals surface area contributed by atoms with Gasteiger partial charge < -0.3 is 19.1 Å². The van der Waals surface area contributed by atoms with Crippen LogP contribution in [0.2, 0.25) is 0 Å². The van der Waals surface area contributed by atoms with E-state index in [4.69, 9.17) is 14.0 Å². The van der Waals surface area contributed by atoms with E-state index in [0.717, 1.165) is 32.4 Å². The molecule has 2 rings (SSSR count).